The molecule has 0 amide bonds. The Hall–Kier alpha value is 0.235. The molecule has 0 bridgehead atoms. The minimum absolute atomic E-state index is 0.867. The Kier molecular flexibility index (Phi) is 1.86. The van der Waals surface area contributed by atoms with E-state index in [2.05, 4.69) is 33.3 Å². The van der Waals surface area contributed by atoms with Gasteiger partial charge in [-0.2, -0.15) is 0 Å². The molecule has 0 spiro atoms. The van der Waals surface area contributed by atoms with Gasteiger partial charge in [0.25, 0.3) is 0 Å². The standard InChI is InChI=1S/C4H12BP/c1-4-6(2,3)5/h4,6H,1,5H2,2-3H3. The van der Waals surface area contributed by atoms with Crippen LogP contribution in [0.15, 0.2) is 12.4 Å². The van der Waals surface area contributed by atoms with E-state index in [-0.39, 0.29) is 0 Å². The van der Waals surface area contributed by atoms with Crippen LogP contribution in [0, 0.1) is 0 Å². The van der Waals surface area contributed by atoms with Crippen LogP contribution >= 0.6 is 7.14 Å². The van der Waals surface area contributed by atoms with E-state index in [1.807, 2.05) is 0 Å². The number of rotatable bonds is 1. The van der Waals surface area contributed by atoms with Gasteiger partial charge in [-0.25, -0.2) is 0 Å². The first-order valence-corrected chi connectivity index (χ1v) is 5.77. The van der Waals surface area contributed by atoms with E-state index in [1.54, 1.807) is 0 Å². The second-order valence-corrected chi connectivity index (χ2v) is 7.71. The van der Waals surface area contributed by atoms with E-state index in [0.717, 1.165) is 0 Å². The van der Waals surface area contributed by atoms with Gasteiger partial charge in [0.2, 0.25) is 0 Å². The van der Waals surface area contributed by atoms with E-state index in [4.69, 9.17) is 0 Å². The quantitative estimate of drug-likeness (QED) is 0.337. The Bertz CT molecular complexity index is 53.1. The fourth-order valence-corrected chi connectivity index (χ4v) is 0. The van der Waals surface area contributed by atoms with Gasteiger partial charge in [0, 0.05) is 0 Å². The fourth-order valence-electron chi connectivity index (χ4n) is 0. The summed E-state index contributed by atoms with van der Waals surface area (Å²) in [6, 6.07) is 0. The Balaban J connectivity index is 3.45. The van der Waals surface area contributed by atoms with E-state index in [9.17, 15) is 0 Å². The zero-order chi connectivity index (χ0) is 5.21. The molecule has 0 aromatic heterocycles. The Morgan fingerprint density at radius 1 is 1.67 bits per heavy atom. The van der Waals surface area contributed by atoms with Crippen LogP contribution in [0.2, 0.25) is 0 Å². The van der Waals surface area contributed by atoms with E-state index in [1.165, 1.54) is 0 Å². The van der Waals surface area contributed by atoms with Crippen LogP contribution in [0.5, 0.6) is 0 Å². The summed E-state index contributed by atoms with van der Waals surface area (Å²) < 4.78 is 0. The molecule has 0 saturated carbocycles. The molecule has 0 atom stereocenters. The molecule has 2 heteroatoms. The molecule has 0 heterocycles. The minimum atomic E-state index is -0.867. The molecule has 0 rings (SSSR count). The molecule has 0 unspecified atom stereocenters. The molecule has 36 valence electrons. The Labute approximate surface area is 41.3 Å². The van der Waals surface area contributed by atoms with Crippen molar-refractivity contribution in [2.75, 3.05) is 13.3 Å². The average molecular weight is 102 g/mol. The van der Waals surface area contributed by atoms with Crippen molar-refractivity contribution >= 4 is 14.7 Å². The first kappa shape index (κ1) is 6.23. The van der Waals surface area contributed by atoms with Crippen LogP contribution in [0.4, 0.5) is 0 Å². The Morgan fingerprint density at radius 2 is 1.83 bits per heavy atom. The van der Waals surface area contributed by atoms with Crippen LogP contribution < -0.4 is 0 Å². The van der Waals surface area contributed by atoms with Crippen LogP contribution in [-0.4, -0.2) is 20.9 Å². The summed E-state index contributed by atoms with van der Waals surface area (Å²) in [5, 5.41) is 0. The summed E-state index contributed by atoms with van der Waals surface area (Å²) in [6.07, 6.45) is 0. The third kappa shape index (κ3) is 4.23. The molecular formula is C4H12BP. The number of hydrogen-bond acceptors (Lipinski definition) is 0. The van der Waals surface area contributed by atoms with Crippen molar-refractivity contribution in [2.45, 2.75) is 0 Å². The predicted octanol–water partition coefficient (Wildman–Crippen LogP) is 0.688. The maximum atomic E-state index is 3.69. The summed E-state index contributed by atoms with van der Waals surface area (Å²) in [5.74, 6) is 2.08. The molecule has 0 aliphatic carbocycles. The molecule has 0 saturated heterocycles. The second kappa shape index (κ2) is 1.79. The average Bonchev–Trinajstić information content (AvgIpc) is 1.35. The third-order valence-electron chi connectivity index (χ3n) is 0.612. The van der Waals surface area contributed by atoms with Crippen molar-refractivity contribution in [3.63, 3.8) is 0 Å². The molecule has 0 aliphatic rings. The summed E-state index contributed by atoms with van der Waals surface area (Å²) in [4.78, 5) is 0. The molecule has 0 aromatic rings. The molecule has 0 radical (unpaired) electrons. The maximum absolute atomic E-state index is 3.69. The molecular weight excluding hydrogens is 89.8 g/mol. The van der Waals surface area contributed by atoms with Gasteiger partial charge < -0.3 is 0 Å². The van der Waals surface area contributed by atoms with E-state index >= 15 is 0 Å². The first-order valence-electron chi connectivity index (χ1n) is 2.20. The zero-order valence-electron chi connectivity index (χ0n) is 4.78. The van der Waals surface area contributed by atoms with Crippen molar-refractivity contribution in [3.05, 3.63) is 12.4 Å². The molecule has 0 N–H and O–H groups in total. The molecule has 0 aliphatic heterocycles. The summed E-state index contributed by atoms with van der Waals surface area (Å²) in [5.41, 5.74) is 0. The van der Waals surface area contributed by atoms with Gasteiger partial charge in [0.15, 0.2) is 0 Å². The van der Waals surface area contributed by atoms with Crippen LogP contribution in [0.1, 0.15) is 0 Å². The SMILES string of the molecule is B[PH](C)(C)C=C. The zero-order valence-corrected chi connectivity index (χ0v) is 5.78. The van der Waals surface area contributed by atoms with Gasteiger partial charge in [-0.15, -0.1) is 0 Å². The number of hydrogen-bond donors (Lipinski definition) is 0. The Morgan fingerprint density at radius 3 is 1.83 bits per heavy atom. The van der Waals surface area contributed by atoms with Crippen LogP contribution in [0.3, 0.4) is 0 Å². The van der Waals surface area contributed by atoms with Gasteiger partial charge in [-0.3, -0.25) is 0 Å². The molecule has 6 heavy (non-hydrogen) atoms. The van der Waals surface area contributed by atoms with Crippen LogP contribution in [0.25, 0.3) is 0 Å². The topological polar surface area (TPSA) is 0 Å². The summed E-state index contributed by atoms with van der Waals surface area (Å²) >= 11 is 0. The van der Waals surface area contributed by atoms with Crippen molar-refractivity contribution in [1.82, 2.24) is 0 Å². The van der Waals surface area contributed by atoms with Gasteiger partial charge in [-0.05, 0) is 0 Å². The molecule has 0 nitrogen and oxygen atoms in total. The van der Waals surface area contributed by atoms with Crippen molar-refractivity contribution in [1.29, 1.82) is 0 Å². The van der Waals surface area contributed by atoms with Crippen molar-refractivity contribution in [3.8, 4) is 0 Å². The molecule has 0 aromatic carbocycles. The predicted molar refractivity (Wildman–Crippen MR) is 38.9 cm³/mol. The van der Waals surface area contributed by atoms with Gasteiger partial charge >= 0.3 is 40.4 Å². The fraction of sp³-hybridized carbons (Fsp3) is 0.500. The third-order valence-corrected chi connectivity index (χ3v) is 1.84. The van der Waals surface area contributed by atoms with E-state index in [0.29, 0.717) is 0 Å². The first-order chi connectivity index (χ1) is 2.56. The van der Waals surface area contributed by atoms with Crippen molar-refractivity contribution in [2.24, 2.45) is 0 Å². The summed E-state index contributed by atoms with van der Waals surface area (Å²) in [7, 11) is 1.40. The molecule has 0 fully saturated rings. The van der Waals surface area contributed by atoms with Gasteiger partial charge in [-0.1, -0.05) is 0 Å². The summed E-state index contributed by atoms with van der Waals surface area (Å²) in [6.45, 7) is 8.22. The van der Waals surface area contributed by atoms with Crippen LogP contribution in [-0.2, 0) is 0 Å². The van der Waals surface area contributed by atoms with Gasteiger partial charge in [0.05, 0.1) is 0 Å². The van der Waals surface area contributed by atoms with Crippen molar-refractivity contribution < 1.29 is 0 Å². The van der Waals surface area contributed by atoms with Gasteiger partial charge in [0.1, 0.15) is 0 Å². The van der Waals surface area contributed by atoms with E-state index < -0.39 is 7.14 Å². The second-order valence-electron chi connectivity index (χ2n) is 2.57. The normalized spacial score (nSPS) is 13.7. The monoisotopic (exact) mass is 102 g/mol.